The van der Waals surface area contributed by atoms with E-state index < -0.39 is 0 Å². The summed E-state index contributed by atoms with van der Waals surface area (Å²) in [4.78, 5) is 0. The zero-order valence-corrected chi connectivity index (χ0v) is 10.7. The second-order valence-electron chi connectivity index (χ2n) is 3.99. The lowest BCUT2D eigenvalue weighted by molar-refractivity contribution is 0.428. The molecule has 0 aliphatic heterocycles. The van der Waals surface area contributed by atoms with E-state index in [1.54, 1.807) is 16.8 Å². The minimum Gasteiger partial charge on any atom is -0.439 e. The fraction of sp³-hybridized carbons (Fsp3) is 0.250. The molecule has 1 aromatic carbocycles. The normalized spacial score (nSPS) is 10.6. The van der Waals surface area contributed by atoms with Crippen molar-refractivity contribution >= 4 is 17.3 Å². The molecule has 5 heteroatoms. The molecule has 0 saturated heterocycles. The summed E-state index contributed by atoms with van der Waals surface area (Å²) < 4.78 is 7.44. The maximum atomic E-state index is 5.97. The molecule has 0 amide bonds. The lowest BCUT2D eigenvalue weighted by atomic mass is 10.2. The van der Waals surface area contributed by atoms with Crippen LogP contribution in [0.3, 0.4) is 0 Å². The van der Waals surface area contributed by atoms with Gasteiger partial charge in [-0.15, -0.1) is 0 Å². The van der Waals surface area contributed by atoms with Crippen LogP contribution in [0.2, 0.25) is 5.02 Å². The highest BCUT2D eigenvalue weighted by molar-refractivity contribution is 6.33. The molecule has 0 bridgehead atoms. The summed E-state index contributed by atoms with van der Waals surface area (Å²) in [5, 5.41) is 4.70. The molecular formula is C12H14ClN3O. The highest BCUT2D eigenvalue weighted by Crippen LogP contribution is 2.31. The molecule has 0 aliphatic carbocycles. The number of aromatic nitrogens is 2. The Kier molecular flexibility index (Phi) is 2.98. The third-order valence-corrected chi connectivity index (χ3v) is 2.80. The quantitative estimate of drug-likeness (QED) is 0.835. The standard InChI is InChI=1S/C12H14ClN3O/c1-7-4-10(14)9(13)6-11(7)17-12-5-8(2)15-16(12)3/h4-6H,14H2,1-3H3. The van der Waals surface area contributed by atoms with E-state index in [0.29, 0.717) is 22.3 Å². The van der Waals surface area contributed by atoms with Gasteiger partial charge < -0.3 is 10.5 Å². The number of nitrogens with two attached hydrogens (primary N) is 1. The van der Waals surface area contributed by atoms with Crippen molar-refractivity contribution in [2.75, 3.05) is 5.73 Å². The molecule has 4 nitrogen and oxygen atoms in total. The molecule has 2 N–H and O–H groups in total. The number of benzene rings is 1. The van der Waals surface area contributed by atoms with Crippen molar-refractivity contribution in [3.63, 3.8) is 0 Å². The summed E-state index contributed by atoms with van der Waals surface area (Å²) in [5.41, 5.74) is 8.11. The summed E-state index contributed by atoms with van der Waals surface area (Å²) >= 11 is 5.97. The van der Waals surface area contributed by atoms with Crippen molar-refractivity contribution in [1.29, 1.82) is 0 Å². The first-order chi connectivity index (χ1) is 7.97. The largest absolute Gasteiger partial charge is 0.439 e. The molecule has 1 aromatic heterocycles. The number of hydrogen-bond donors (Lipinski definition) is 1. The Bertz CT molecular complexity index is 563. The van der Waals surface area contributed by atoms with Gasteiger partial charge in [-0.25, -0.2) is 4.68 Å². The highest BCUT2D eigenvalue weighted by Gasteiger charge is 2.09. The van der Waals surface area contributed by atoms with Gasteiger partial charge in [0.1, 0.15) is 5.75 Å². The fourth-order valence-corrected chi connectivity index (χ4v) is 1.74. The third kappa shape index (κ3) is 2.36. The third-order valence-electron chi connectivity index (χ3n) is 2.47. The minimum atomic E-state index is 0.490. The summed E-state index contributed by atoms with van der Waals surface area (Å²) in [5.74, 6) is 1.36. The Morgan fingerprint density at radius 1 is 1.29 bits per heavy atom. The van der Waals surface area contributed by atoms with Crippen molar-refractivity contribution in [3.05, 3.63) is 34.5 Å². The number of rotatable bonds is 2. The minimum absolute atomic E-state index is 0.490. The highest BCUT2D eigenvalue weighted by atomic mass is 35.5. The van der Waals surface area contributed by atoms with Crippen LogP contribution in [0.25, 0.3) is 0 Å². The van der Waals surface area contributed by atoms with Gasteiger partial charge >= 0.3 is 0 Å². The number of nitrogen functional groups attached to an aromatic ring is 1. The first kappa shape index (κ1) is 11.8. The van der Waals surface area contributed by atoms with Crippen LogP contribution in [-0.2, 0) is 7.05 Å². The van der Waals surface area contributed by atoms with Gasteiger partial charge in [0.2, 0.25) is 5.88 Å². The monoisotopic (exact) mass is 251 g/mol. The van der Waals surface area contributed by atoms with Crippen LogP contribution in [-0.4, -0.2) is 9.78 Å². The molecule has 0 radical (unpaired) electrons. The van der Waals surface area contributed by atoms with E-state index in [1.807, 2.05) is 27.0 Å². The van der Waals surface area contributed by atoms with E-state index in [0.717, 1.165) is 11.3 Å². The van der Waals surface area contributed by atoms with E-state index in [9.17, 15) is 0 Å². The van der Waals surface area contributed by atoms with Gasteiger partial charge in [0.05, 0.1) is 16.4 Å². The van der Waals surface area contributed by atoms with Crippen molar-refractivity contribution in [2.45, 2.75) is 13.8 Å². The Morgan fingerprint density at radius 2 is 2.00 bits per heavy atom. The van der Waals surface area contributed by atoms with Crippen LogP contribution in [0.4, 0.5) is 5.69 Å². The Morgan fingerprint density at radius 3 is 2.59 bits per heavy atom. The topological polar surface area (TPSA) is 53.1 Å². The second kappa shape index (κ2) is 4.30. The number of aryl methyl sites for hydroxylation is 3. The van der Waals surface area contributed by atoms with Gasteiger partial charge in [-0.1, -0.05) is 11.6 Å². The zero-order chi connectivity index (χ0) is 12.6. The summed E-state index contributed by atoms with van der Waals surface area (Å²) in [6.45, 7) is 3.83. The number of hydrogen-bond acceptors (Lipinski definition) is 3. The van der Waals surface area contributed by atoms with Gasteiger partial charge in [0, 0.05) is 19.2 Å². The average molecular weight is 252 g/mol. The van der Waals surface area contributed by atoms with Gasteiger partial charge in [-0.2, -0.15) is 5.10 Å². The Hall–Kier alpha value is -1.68. The lowest BCUT2D eigenvalue weighted by Gasteiger charge is -2.10. The van der Waals surface area contributed by atoms with Crippen LogP contribution in [0, 0.1) is 13.8 Å². The molecule has 0 fully saturated rings. The SMILES string of the molecule is Cc1cc(Oc2cc(Cl)c(N)cc2C)n(C)n1. The fourth-order valence-electron chi connectivity index (χ4n) is 1.59. The predicted molar refractivity (Wildman–Crippen MR) is 68.6 cm³/mol. The molecule has 0 atom stereocenters. The maximum absolute atomic E-state index is 5.97. The van der Waals surface area contributed by atoms with E-state index in [4.69, 9.17) is 22.1 Å². The maximum Gasteiger partial charge on any atom is 0.217 e. The summed E-state index contributed by atoms with van der Waals surface area (Å²) in [6.07, 6.45) is 0. The molecule has 2 rings (SSSR count). The Balaban J connectivity index is 2.36. The van der Waals surface area contributed by atoms with Gasteiger partial charge in [0.15, 0.2) is 0 Å². The van der Waals surface area contributed by atoms with Crippen LogP contribution in [0.5, 0.6) is 11.6 Å². The molecule has 0 unspecified atom stereocenters. The van der Waals surface area contributed by atoms with Crippen LogP contribution >= 0.6 is 11.6 Å². The van der Waals surface area contributed by atoms with E-state index in [1.165, 1.54) is 0 Å². The van der Waals surface area contributed by atoms with Gasteiger partial charge in [-0.3, -0.25) is 0 Å². The number of anilines is 1. The van der Waals surface area contributed by atoms with Crippen LogP contribution < -0.4 is 10.5 Å². The molecular weight excluding hydrogens is 238 g/mol. The molecule has 0 spiro atoms. The molecule has 1 heterocycles. The molecule has 2 aromatic rings. The molecule has 90 valence electrons. The van der Waals surface area contributed by atoms with Crippen LogP contribution in [0.15, 0.2) is 18.2 Å². The van der Waals surface area contributed by atoms with Gasteiger partial charge in [0.25, 0.3) is 0 Å². The van der Waals surface area contributed by atoms with Crippen molar-refractivity contribution < 1.29 is 4.74 Å². The molecule has 17 heavy (non-hydrogen) atoms. The average Bonchev–Trinajstić information content (AvgIpc) is 2.54. The summed E-state index contributed by atoms with van der Waals surface area (Å²) in [7, 11) is 1.83. The number of nitrogens with zero attached hydrogens (tertiary/aromatic N) is 2. The summed E-state index contributed by atoms with van der Waals surface area (Å²) in [6, 6.07) is 5.37. The van der Waals surface area contributed by atoms with Crippen molar-refractivity contribution in [3.8, 4) is 11.6 Å². The van der Waals surface area contributed by atoms with Crippen molar-refractivity contribution in [1.82, 2.24) is 9.78 Å². The van der Waals surface area contributed by atoms with E-state index in [2.05, 4.69) is 5.10 Å². The van der Waals surface area contributed by atoms with E-state index >= 15 is 0 Å². The Labute approximate surface area is 105 Å². The first-order valence-electron chi connectivity index (χ1n) is 5.21. The van der Waals surface area contributed by atoms with Gasteiger partial charge in [-0.05, 0) is 25.5 Å². The zero-order valence-electron chi connectivity index (χ0n) is 9.99. The van der Waals surface area contributed by atoms with E-state index in [-0.39, 0.29) is 0 Å². The first-order valence-corrected chi connectivity index (χ1v) is 5.59. The predicted octanol–water partition coefficient (Wildman–Crippen LogP) is 3.06. The smallest absolute Gasteiger partial charge is 0.217 e. The lowest BCUT2D eigenvalue weighted by Crippen LogP contribution is -1.97. The second-order valence-corrected chi connectivity index (χ2v) is 4.40. The molecule has 0 aliphatic rings. The number of halogens is 1. The number of ether oxygens (including phenoxy) is 1. The molecule has 0 saturated carbocycles. The van der Waals surface area contributed by atoms with Crippen LogP contribution in [0.1, 0.15) is 11.3 Å². The van der Waals surface area contributed by atoms with Crippen molar-refractivity contribution in [2.24, 2.45) is 7.05 Å².